The van der Waals surface area contributed by atoms with Crippen LogP contribution in [0.25, 0.3) is 81.0 Å². The molecule has 1 atom stereocenters. The van der Waals surface area contributed by atoms with Gasteiger partial charge in [-0.15, -0.1) is 11.3 Å². The quantitative estimate of drug-likeness (QED) is 0.176. The first-order chi connectivity index (χ1) is 25.3. The molecule has 0 fully saturated rings. The van der Waals surface area contributed by atoms with E-state index in [9.17, 15) is 0 Å². The maximum absolute atomic E-state index is 2.45. The second-order valence-electron chi connectivity index (χ2n) is 13.6. The van der Waals surface area contributed by atoms with Gasteiger partial charge in [0.25, 0.3) is 0 Å². The van der Waals surface area contributed by atoms with E-state index >= 15 is 0 Å². The van der Waals surface area contributed by atoms with Gasteiger partial charge in [0.05, 0.1) is 11.0 Å². The van der Waals surface area contributed by atoms with Gasteiger partial charge in [-0.05, 0) is 92.5 Å². The average molecular weight is 666 g/mol. The molecule has 1 nitrogen and oxygen atoms in total. The van der Waals surface area contributed by atoms with Crippen molar-refractivity contribution in [3.63, 3.8) is 0 Å². The fraction of sp³-hybridized carbons (Fsp3) is 0.0204. The Labute approximate surface area is 300 Å². The van der Waals surface area contributed by atoms with Gasteiger partial charge in [-0.2, -0.15) is 0 Å². The van der Waals surface area contributed by atoms with E-state index in [1.165, 1.54) is 97.7 Å². The highest BCUT2D eigenvalue weighted by molar-refractivity contribution is 7.26. The van der Waals surface area contributed by atoms with Gasteiger partial charge >= 0.3 is 0 Å². The third-order valence-electron chi connectivity index (χ3n) is 10.9. The molecule has 0 bridgehead atoms. The molecule has 0 aliphatic heterocycles. The summed E-state index contributed by atoms with van der Waals surface area (Å²) < 4.78 is 5.13. The number of hydrogen-bond acceptors (Lipinski definition) is 1. The van der Waals surface area contributed by atoms with Crippen LogP contribution in [0.15, 0.2) is 182 Å². The summed E-state index contributed by atoms with van der Waals surface area (Å²) in [5.74, 6) is 0.251. The van der Waals surface area contributed by atoms with Crippen molar-refractivity contribution in [2.45, 2.75) is 5.92 Å². The minimum absolute atomic E-state index is 0.251. The predicted molar refractivity (Wildman–Crippen MR) is 217 cm³/mol. The lowest BCUT2D eigenvalue weighted by Crippen LogP contribution is -1.98. The van der Waals surface area contributed by atoms with Gasteiger partial charge in [0.2, 0.25) is 0 Å². The monoisotopic (exact) mass is 665 g/mol. The number of fused-ring (bicyclic) bond motifs is 10. The molecule has 1 aliphatic carbocycles. The number of nitrogens with zero attached hydrogens (tertiary/aromatic N) is 1. The molecule has 0 saturated carbocycles. The third kappa shape index (κ3) is 4.33. The third-order valence-corrected chi connectivity index (χ3v) is 12.1. The van der Waals surface area contributed by atoms with E-state index in [1.807, 2.05) is 11.3 Å². The van der Waals surface area contributed by atoms with Crippen LogP contribution in [-0.2, 0) is 0 Å². The Bertz CT molecular complexity index is 2950. The lowest BCUT2D eigenvalue weighted by atomic mass is 9.89. The van der Waals surface area contributed by atoms with Crippen molar-refractivity contribution in [2.24, 2.45) is 0 Å². The zero-order valence-electron chi connectivity index (χ0n) is 27.8. The van der Waals surface area contributed by atoms with Crippen LogP contribution in [0, 0.1) is 0 Å². The fourth-order valence-electron chi connectivity index (χ4n) is 8.56. The average Bonchev–Trinajstić information content (AvgIpc) is 3.86. The molecule has 1 unspecified atom stereocenters. The summed E-state index contributed by atoms with van der Waals surface area (Å²) in [4.78, 5) is 0. The van der Waals surface area contributed by atoms with E-state index in [2.05, 4.69) is 187 Å². The van der Waals surface area contributed by atoms with Gasteiger partial charge in [0.1, 0.15) is 0 Å². The topological polar surface area (TPSA) is 4.93 Å². The minimum atomic E-state index is 0.251. The maximum Gasteiger partial charge on any atom is 0.0555 e. The molecule has 10 aromatic rings. The Morgan fingerprint density at radius 1 is 0.412 bits per heavy atom. The summed E-state index contributed by atoms with van der Waals surface area (Å²) in [5, 5.41) is 5.27. The summed E-state index contributed by atoms with van der Waals surface area (Å²) in [6, 6.07) is 67.2. The van der Waals surface area contributed by atoms with Crippen LogP contribution in [0.2, 0.25) is 0 Å². The van der Waals surface area contributed by atoms with Gasteiger partial charge in [0.15, 0.2) is 0 Å². The van der Waals surface area contributed by atoms with Crippen molar-refractivity contribution in [3.05, 3.63) is 199 Å². The Hall–Kier alpha value is -6.22. The minimum Gasteiger partial charge on any atom is -0.309 e. The van der Waals surface area contributed by atoms with Crippen LogP contribution in [0.1, 0.15) is 22.6 Å². The predicted octanol–water partition coefficient (Wildman–Crippen LogP) is 13.6. The first-order valence-electron chi connectivity index (χ1n) is 17.6. The smallest absolute Gasteiger partial charge is 0.0555 e. The lowest BCUT2D eigenvalue weighted by molar-refractivity contribution is 1.02. The largest absolute Gasteiger partial charge is 0.309 e. The van der Waals surface area contributed by atoms with Gasteiger partial charge in [0, 0.05) is 42.6 Å². The molecule has 238 valence electrons. The highest BCUT2D eigenvalue weighted by Gasteiger charge is 2.30. The molecule has 0 spiro atoms. The van der Waals surface area contributed by atoms with Gasteiger partial charge in [-0.1, -0.05) is 140 Å². The molecule has 2 heteroatoms. The summed E-state index contributed by atoms with van der Waals surface area (Å²) in [5.41, 5.74) is 15.4. The van der Waals surface area contributed by atoms with E-state index in [1.54, 1.807) is 0 Å². The molecule has 11 rings (SSSR count). The fourth-order valence-corrected chi connectivity index (χ4v) is 9.82. The molecule has 2 aromatic heterocycles. The van der Waals surface area contributed by atoms with Crippen LogP contribution in [0.4, 0.5) is 0 Å². The number of aromatic nitrogens is 1. The van der Waals surface area contributed by atoms with E-state index < -0.39 is 0 Å². The number of benzene rings is 8. The summed E-state index contributed by atoms with van der Waals surface area (Å²) >= 11 is 1.91. The van der Waals surface area contributed by atoms with Gasteiger partial charge in [-0.3, -0.25) is 0 Å². The summed E-state index contributed by atoms with van der Waals surface area (Å²) in [6.07, 6.45) is 0. The standard InChI is InChI=1S/C49H31NS/c1-3-11-31(12-4-1)32-19-23-36(24-20-32)50-44-27-22-35(30-43(44)48-45(50)28-26-41-38-16-9-10-18-46(38)51-49(41)48)34-21-25-40-42(29-34)37-15-7-8-17-39(37)47(40)33-13-5-2-6-14-33/h1-30,47H. The SMILES string of the molecule is c1ccc(-c2ccc(-n3c4ccc(-c5ccc6c(c5)-c5ccccc5C6c5ccccc5)cc4c4c5sc6ccccc6c5ccc43)cc2)cc1. The molecule has 51 heavy (non-hydrogen) atoms. The molecule has 0 amide bonds. The molecular formula is C49H31NS. The van der Waals surface area contributed by atoms with E-state index in [0.717, 1.165) is 0 Å². The van der Waals surface area contributed by atoms with Crippen molar-refractivity contribution >= 4 is 53.3 Å². The van der Waals surface area contributed by atoms with E-state index in [-0.39, 0.29) is 5.92 Å². The van der Waals surface area contributed by atoms with Gasteiger partial charge in [-0.25, -0.2) is 0 Å². The van der Waals surface area contributed by atoms with Crippen molar-refractivity contribution in [3.8, 4) is 39.1 Å². The zero-order chi connectivity index (χ0) is 33.5. The second kappa shape index (κ2) is 11.1. The molecule has 8 aromatic carbocycles. The second-order valence-corrected chi connectivity index (χ2v) is 14.7. The van der Waals surface area contributed by atoms with Crippen LogP contribution >= 0.6 is 11.3 Å². The highest BCUT2D eigenvalue weighted by atomic mass is 32.1. The highest BCUT2D eigenvalue weighted by Crippen LogP contribution is 2.50. The maximum atomic E-state index is 2.45. The first-order valence-corrected chi connectivity index (χ1v) is 18.4. The van der Waals surface area contributed by atoms with Crippen molar-refractivity contribution in [1.82, 2.24) is 4.57 Å². The van der Waals surface area contributed by atoms with Crippen LogP contribution in [0.3, 0.4) is 0 Å². The Balaban J connectivity index is 1.13. The zero-order valence-corrected chi connectivity index (χ0v) is 28.6. The van der Waals surface area contributed by atoms with Gasteiger partial charge < -0.3 is 4.57 Å². The van der Waals surface area contributed by atoms with Crippen LogP contribution in [0.5, 0.6) is 0 Å². The van der Waals surface area contributed by atoms with E-state index in [0.29, 0.717) is 0 Å². The molecule has 0 radical (unpaired) electrons. The number of thiophene rings is 1. The molecule has 0 N–H and O–H groups in total. The summed E-state index contributed by atoms with van der Waals surface area (Å²) in [6.45, 7) is 0. The molecule has 2 heterocycles. The van der Waals surface area contributed by atoms with E-state index in [4.69, 9.17) is 0 Å². The van der Waals surface area contributed by atoms with Crippen LogP contribution < -0.4 is 0 Å². The van der Waals surface area contributed by atoms with Crippen LogP contribution in [-0.4, -0.2) is 4.57 Å². The summed E-state index contributed by atoms with van der Waals surface area (Å²) in [7, 11) is 0. The Morgan fingerprint density at radius 2 is 1.06 bits per heavy atom. The lowest BCUT2D eigenvalue weighted by Gasteiger charge is -2.14. The Kier molecular flexibility index (Phi) is 6.25. The molecular weight excluding hydrogens is 635 g/mol. The first kappa shape index (κ1) is 28.6. The Morgan fingerprint density at radius 3 is 1.92 bits per heavy atom. The normalized spacial score (nSPS) is 13.7. The molecule has 1 aliphatic rings. The number of rotatable bonds is 4. The van der Waals surface area contributed by atoms with Crippen molar-refractivity contribution in [1.29, 1.82) is 0 Å². The van der Waals surface area contributed by atoms with Crippen molar-refractivity contribution in [2.75, 3.05) is 0 Å². The molecule has 0 saturated heterocycles. The number of hydrogen-bond donors (Lipinski definition) is 0. The van der Waals surface area contributed by atoms with Crippen molar-refractivity contribution < 1.29 is 0 Å².